The highest BCUT2D eigenvalue weighted by Crippen LogP contribution is 2.16. The Balaban J connectivity index is 3.26. The van der Waals surface area contributed by atoms with Crippen molar-refractivity contribution >= 4 is 6.08 Å². The number of allylic oxidation sites excluding steroid dienone is 2. The molecule has 0 aliphatic heterocycles. The summed E-state index contributed by atoms with van der Waals surface area (Å²) < 4.78 is 0. The molecule has 0 radical (unpaired) electrons. The van der Waals surface area contributed by atoms with Crippen LogP contribution in [0.5, 0.6) is 5.75 Å². The molecule has 0 aromatic heterocycles. The SMILES string of the molecule is N#CC(=Cc1ccc(O)cc1)C(N)=C(C#N)C#N. The third-order valence-corrected chi connectivity index (χ3v) is 2.11. The van der Waals surface area contributed by atoms with Crippen molar-refractivity contribution in [1.82, 2.24) is 0 Å². The molecule has 0 aliphatic carbocycles. The summed E-state index contributed by atoms with van der Waals surface area (Å²) in [6.07, 6.45) is 1.43. The van der Waals surface area contributed by atoms with E-state index in [1.165, 1.54) is 18.2 Å². The molecule has 86 valence electrons. The summed E-state index contributed by atoms with van der Waals surface area (Å²) >= 11 is 0. The van der Waals surface area contributed by atoms with Gasteiger partial charge in [0.05, 0.1) is 11.3 Å². The summed E-state index contributed by atoms with van der Waals surface area (Å²) in [7, 11) is 0. The molecule has 0 saturated carbocycles. The maximum Gasteiger partial charge on any atom is 0.153 e. The van der Waals surface area contributed by atoms with Gasteiger partial charge in [-0.15, -0.1) is 0 Å². The number of nitrogens with zero attached hydrogens (tertiary/aromatic N) is 3. The van der Waals surface area contributed by atoms with Crippen LogP contribution in [0.25, 0.3) is 6.08 Å². The molecule has 0 amide bonds. The highest BCUT2D eigenvalue weighted by molar-refractivity contribution is 5.66. The van der Waals surface area contributed by atoms with Crippen LogP contribution in [0.2, 0.25) is 0 Å². The Kier molecular flexibility index (Phi) is 4.10. The lowest BCUT2D eigenvalue weighted by atomic mass is 10.1. The number of hydrogen-bond acceptors (Lipinski definition) is 5. The van der Waals surface area contributed by atoms with Gasteiger partial charge in [-0.3, -0.25) is 0 Å². The third kappa shape index (κ3) is 2.88. The molecule has 0 heterocycles. The number of phenolic OH excluding ortho intramolecular Hbond substituents is 1. The number of rotatable bonds is 2. The molecule has 0 atom stereocenters. The van der Waals surface area contributed by atoms with Crippen LogP contribution < -0.4 is 5.73 Å². The zero-order valence-electron chi connectivity index (χ0n) is 9.25. The molecular weight excluding hydrogens is 228 g/mol. The normalized spacial score (nSPS) is 9.72. The maximum atomic E-state index is 9.12. The number of aromatic hydroxyl groups is 1. The number of benzene rings is 1. The van der Waals surface area contributed by atoms with E-state index < -0.39 is 0 Å². The predicted octanol–water partition coefficient (Wildman–Crippen LogP) is 1.56. The van der Waals surface area contributed by atoms with Gasteiger partial charge in [0.1, 0.15) is 24.0 Å². The van der Waals surface area contributed by atoms with Gasteiger partial charge in [0.25, 0.3) is 0 Å². The van der Waals surface area contributed by atoms with Crippen LogP contribution >= 0.6 is 0 Å². The smallest absolute Gasteiger partial charge is 0.153 e. The summed E-state index contributed by atoms with van der Waals surface area (Å²) in [5.74, 6) is 0.101. The topological polar surface area (TPSA) is 118 Å². The van der Waals surface area contributed by atoms with E-state index in [2.05, 4.69) is 0 Å². The molecule has 0 bridgehead atoms. The van der Waals surface area contributed by atoms with Gasteiger partial charge >= 0.3 is 0 Å². The van der Waals surface area contributed by atoms with Gasteiger partial charge in [0.2, 0.25) is 0 Å². The Labute approximate surface area is 104 Å². The highest BCUT2D eigenvalue weighted by Gasteiger charge is 2.07. The van der Waals surface area contributed by atoms with E-state index in [0.717, 1.165) is 0 Å². The zero-order valence-corrected chi connectivity index (χ0v) is 9.25. The Morgan fingerprint density at radius 1 is 1.06 bits per heavy atom. The van der Waals surface area contributed by atoms with Gasteiger partial charge in [0.15, 0.2) is 5.57 Å². The second kappa shape index (κ2) is 5.75. The van der Waals surface area contributed by atoms with Gasteiger partial charge in [-0.2, -0.15) is 15.8 Å². The largest absolute Gasteiger partial charge is 0.508 e. The molecule has 5 nitrogen and oxygen atoms in total. The van der Waals surface area contributed by atoms with Crippen LogP contribution in [0, 0.1) is 34.0 Å². The van der Waals surface area contributed by atoms with Gasteiger partial charge in [-0.1, -0.05) is 12.1 Å². The first-order valence-electron chi connectivity index (χ1n) is 4.83. The number of nitriles is 3. The molecule has 1 rings (SSSR count). The Bertz CT molecular complexity index is 618. The minimum Gasteiger partial charge on any atom is -0.508 e. The van der Waals surface area contributed by atoms with Crippen LogP contribution in [0.15, 0.2) is 41.1 Å². The van der Waals surface area contributed by atoms with E-state index in [-0.39, 0.29) is 22.6 Å². The molecule has 0 fully saturated rings. The fourth-order valence-electron chi connectivity index (χ4n) is 1.19. The van der Waals surface area contributed by atoms with Crippen LogP contribution in [-0.2, 0) is 0 Å². The van der Waals surface area contributed by atoms with E-state index in [1.54, 1.807) is 24.3 Å². The van der Waals surface area contributed by atoms with Gasteiger partial charge < -0.3 is 10.8 Å². The monoisotopic (exact) mass is 236 g/mol. The predicted molar refractivity (Wildman–Crippen MR) is 64.1 cm³/mol. The van der Waals surface area contributed by atoms with Gasteiger partial charge in [-0.05, 0) is 23.8 Å². The van der Waals surface area contributed by atoms with Gasteiger partial charge in [-0.25, -0.2) is 0 Å². The second-order valence-corrected chi connectivity index (χ2v) is 3.27. The average molecular weight is 236 g/mol. The first kappa shape index (κ1) is 12.8. The molecule has 0 spiro atoms. The van der Waals surface area contributed by atoms with E-state index >= 15 is 0 Å². The molecule has 0 aliphatic rings. The molecule has 1 aromatic rings. The second-order valence-electron chi connectivity index (χ2n) is 3.27. The number of hydrogen-bond donors (Lipinski definition) is 2. The van der Waals surface area contributed by atoms with Crippen molar-refractivity contribution < 1.29 is 5.11 Å². The van der Waals surface area contributed by atoms with Crippen molar-refractivity contribution in [3.63, 3.8) is 0 Å². The summed E-state index contributed by atoms with van der Waals surface area (Å²) in [4.78, 5) is 0. The number of phenols is 1. The number of nitrogens with two attached hydrogens (primary N) is 1. The standard InChI is InChI=1S/C13H8N4O/c14-6-10(13(17)11(7-15)8-16)5-9-1-3-12(18)4-2-9/h1-5,18H,17H2. The summed E-state index contributed by atoms with van der Waals surface area (Å²) in [5.41, 5.74) is 5.76. The van der Waals surface area contributed by atoms with Crippen molar-refractivity contribution in [1.29, 1.82) is 15.8 Å². The molecule has 3 N–H and O–H groups in total. The van der Waals surface area contributed by atoms with Crippen LogP contribution in [0.1, 0.15) is 5.56 Å². The maximum absolute atomic E-state index is 9.12. The molecule has 18 heavy (non-hydrogen) atoms. The van der Waals surface area contributed by atoms with Crippen molar-refractivity contribution in [3.05, 3.63) is 46.7 Å². The van der Waals surface area contributed by atoms with E-state index in [4.69, 9.17) is 26.6 Å². The molecule has 0 saturated heterocycles. The quantitative estimate of drug-likeness (QED) is 0.596. The van der Waals surface area contributed by atoms with E-state index in [1.807, 2.05) is 6.07 Å². The van der Waals surface area contributed by atoms with Crippen molar-refractivity contribution in [2.75, 3.05) is 0 Å². The highest BCUT2D eigenvalue weighted by atomic mass is 16.3. The first-order chi connectivity index (χ1) is 8.62. The lowest BCUT2D eigenvalue weighted by Crippen LogP contribution is -2.03. The summed E-state index contributed by atoms with van der Waals surface area (Å²) in [5, 5.41) is 35.4. The minimum absolute atomic E-state index is 0.0267. The van der Waals surface area contributed by atoms with Crippen LogP contribution in [0.3, 0.4) is 0 Å². The Morgan fingerprint density at radius 3 is 2.06 bits per heavy atom. The first-order valence-corrected chi connectivity index (χ1v) is 4.83. The van der Waals surface area contributed by atoms with E-state index in [0.29, 0.717) is 5.56 Å². The van der Waals surface area contributed by atoms with Crippen LogP contribution in [-0.4, -0.2) is 5.11 Å². The molecule has 5 heteroatoms. The van der Waals surface area contributed by atoms with Gasteiger partial charge in [0, 0.05) is 0 Å². The fourth-order valence-corrected chi connectivity index (χ4v) is 1.19. The summed E-state index contributed by atoms with van der Waals surface area (Å²) in [6.45, 7) is 0. The Morgan fingerprint density at radius 2 is 1.61 bits per heavy atom. The van der Waals surface area contributed by atoms with Crippen molar-refractivity contribution in [3.8, 4) is 24.0 Å². The van der Waals surface area contributed by atoms with Crippen LogP contribution in [0.4, 0.5) is 0 Å². The minimum atomic E-state index is -0.304. The molecule has 0 unspecified atom stereocenters. The lowest BCUT2D eigenvalue weighted by molar-refractivity contribution is 0.475. The molecular formula is C13H8N4O. The van der Waals surface area contributed by atoms with Crippen molar-refractivity contribution in [2.24, 2.45) is 5.73 Å². The zero-order chi connectivity index (χ0) is 13.5. The fraction of sp³-hybridized carbons (Fsp3) is 0. The molecule has 1 aromatic carbocycles. The lowest BCUT2D eigenvalue weighted by Gasteiger charge is -1.99. The average Bonchev–Trinajstić information content (AvgIpc) is 2.39. The Hall–Kier alpha value is -3.23. The summed E-state index contributed by atoms with van der Waals surface area (Å²) in [6, 6.07) is 11.1. The van der Waals surface area contributed by atoms with Crippen molar-refractivity contribution in [2.45, 2.75) is 0 Å². The third-order valence-electron chi connectivity index (χ3n) is 2.11. The van der Waals surface area contributed by atoms with E-state index in [9.17, 15) is 0 Å².